The molecule has 19 heavy (non-hydrogen) atoms. The molecule has 6 heteroatoms. The number of hydrogen-bond acceptors (Lipinski definition) is 3. The van der Waals surface area contributed by atoms with Crippen LogP contribution in [0.1, 0.15) is 18.4 Å². The summed E-state index contributed by atoms with van der Waals surface area (Å²) in [5.74, 6) is 0. The SMILES string of the molecule is Cc1ccc(S(=O)(=O)N2[C@@H]3C=C[C@@H](CC3)[S@]2=O)cc1. The van der Waals surface area contributed by atoms with E-state index in [4.69, 9.17) is 0 Å². The van der Waals surface area contributed by atoms with Crippen molar-refractivity contribution < 1.29 is 12.6 Å². The molecule has 4 nitrogen and oxygen atoms in total. The van der Waals surface area contributed by atoms with Crippen LogP contribution >= 0.6 is 0 Å². The molecule has 1 aliphatic carbocycles. The molecule has 0 unspecified atom stereocenters. The van der Waals surface area contributed by atoms with Crippen molar-refractivity contribution in [3.05, 3.63) is 42.0 Å². The smallest absolute Gasteiger partial charge is 0.241 e. The van der Waals surface area contributed by atoms with E-state index >= 15 is 0 Å². The Hall–Kier alpha value is -0.980. The van der Waals surface area contributed by atoms with Crippen LogP contribution in [0.3, 0.4) is 0 Å². The van der Waals surface area contributed by atoms with E-state index in [1.807, 2.05) is 19.1 Å². The van der Waals surface area contributed by atoms with Crippen LogP contribution < -0.4 is 0 Å². The van der Waals surface area contributed by atoms with Gasteiger partial charge in [-0.25, -0.2) is 12.6 Å². The molecule has 1 aromatic carbocycles. The summed E-state index contributed by atoms with van der Waals surface area (Å²) in [6.07, 6.45) is 5.29. The lowest BCUT2D eigenvalue weighted by molar-refractivity contribution is 0.426. The largest absolute Gasteiger partial charge is 0.254 e. The average Bonchev–Trinajstić information content (AvgIpc) is 2.40. The number of rotatable bonds is 2. The fraction of sp³-hybridized carbons (Fsp3) is 0.385. The van der Waals surface area contributed by atoms with Gasteiger partial charge in [0.1, 0.15) is 11.0 Å². The van der Waals surface area contributed by atoms with Crippen molar-refractivity contribution in [1.29, 1.82) is 0 Å². The third kappa shape index (κ3) is 2.07. The Balaban J connectivity index is 2.04. The van der Waals surface area contributed by atoms with Crippen molar-refractivity contribution >= 4 is 21.0 Å². The minimum Gasteiger partial charge on any atom is -0.241 e. The molecular weight excluding hydrogens is 282 g/mol. The number of fused-ring (bicyclic) bond motifs is 2. The predicted octanol–water partition coefficient (Wildman–Crippen LogP) is 1.75. The molecule has 2 bridgehead atoms. The lowest BCUT2D eigenvalue weighted by Gasteiger charge is -2.38. The Kier molecular flexibility index (Phi) is 3.11. The van der Waals surface area contributed by atoms with Crippen LogP contribution in [0.25, 0.3) is 0 Å². The molecule has 0 spiro atoms. The summed E-state index contributed by atoms with van der Waals surface area (Å²) >= 11 is 0. The van der Waals surface area contributed by atoms with Gasteiger partial charge in [-0.1, -0.05) is 29.8 Å². The van der Waals surface area contributed by atoms with E-state index in [0.717, 1.165) is 18.4 Å². The third-order valence-corrected chi connectivity index (χ3v) is 7.74. The summed E-state index contributed by atoms with van der Waals surface area (Å²) in [7, 11) is -5.16. The second-order valence-electron chi connectivity index (χ2n) is 4.92. The van der Waals surface area contributed by atoms with Crippen molar-refractivity contribution in [2.45, 2.75) is 36.0 Å². The first-order chi connectivity index (χ1) is 9.00. The summed E-state index contributed by atoms with van der Waals surface area (Å²) in [4.78, 5) is 0.215. The molecule has 2 aliphatic heterocycles. The number of hydrogen-bond donors (Lipinski definition) is 0. The Morgan fingerprint density at radius 3 is 2.37 bits per heavy atom. The summed E-state index contributed by atoms with van der Waals surface area (Å²) in [6.45, 7) is 1.90. The maximum Gasteiger partial charge on any atom is 0.254 e. The molecule has 3 aliphatic rings. The van der Waals surface area contributed by atoms with Crippen molar-refractivity contribution in [2.24, 2.45) is 0 Å². The van der Waals surface area contributed by atoms with E-state index in [9.17, 15) is 12.6 Å². The summed E-state index contributed by atoms with van der Waals surface area (Å²) in [5.41, 5.74) is 1.00. The highest BCUT2D eigenvalue weighted by Crippen LogP contribution is 2.34. The number of benzene rings is 1. The Labute approximate surface area is 115 Å². The first-order valence-corrected chi connectivity index (χ1v) is 8.81. The van der Waals surface area contributed by atoms with Crippen LogP contribution in [0.2, 0.25) is 0 Å². The Morgan fingerprint density at radius 2 is 1.84 bits per heavy atom. The molecule has 0 N–H and O–H groups in total. The first kappa shape index (κ1) is 13.0. The van der Waals surface area contributed by atoms with E-state index in [1.54, 1.807) is 24.3 Å². The lowest BCUT2D eigenvalue weighted by Crippen LogP contribution is -2.50. The molecule has 2 heterocycles. The molecule has 3 atom stereocenters. The van der Waals surface area contributed by atoms with Gasteiger partial charge in [0, 0.05) is 0 Å². The van der Waals surface area contributed by atoms with Gasteiger partial charge >= 0.3 is 0 Å². The standard InChI is InChI=1S/C13H15NO3S2/c1-10-2-8-13(9-3-10)19(16,17)14-11-4-6-12(7-5-11)18(14)15/h2-4,6,8-9,11-12H,5,7H2,1H3/t11-,12+,18-/m1/s1. The number of sulfonamides is 1. The Bertz CT molecular complexity index is 649. The van der Waals surface area contributed by atoms with Crippen LogP contribution in [0, 0.1) is 6.92 Å². The zero-order chi connectivity index (χ0) is 13.6. The zero-order valence-corrected chi connectivity index (χ0v) is 12.2. The number of nitrogens with zero attached hydrogens (tertiary/aromatic N) is 1. The van der Waals surface area contributed by atoms with Gasteiger partial charge in [-0.05, 0) is 31.9 Å². The molecule has 0 amide bonds. The van der Waals surface area contributed by atoms with Crippen molar-refractivity contribution in [1.82, 2.24) is 3.71 Å². The summed E-state index contributed by atoms with van der Waals surface area (Å²) in [6, 6.07) is 6.40. The van der Waals surface area contributed by atoms with Gasteiger partial charge < -0.3 is 0 Å². The quantitative estimate of drug-likeness (QED) is 0.782. The molecule has 0 radical (unpaired) electrons. The highest BCUT2D eigenvalue weighted by atomic mass is 32.3. The van der Waals surface area contributed by atoms with Crippen LogP contribution in [0.5, 0.6) is 0 Å². The molecular formula is C13H15NO3S2. The average molecular weight is 297 g/mol. The van der Waals surface area contributed by atoms with E-state index in [2.05, 4.69) is 0 Å². The fourth-order valence-corrected chi connectivity index (χ4v) is 6.34. The normalized spacial score (nSPS) is 30.7. The second-order valence-corrected chi connectivity index (χ2v) is 8.51. The molecule has 102 valence electrons. The van der Waals surface area contributed by atoms with Gasteiger partial charge in [0.2, 0.25) is 0 Å². The number of aryl methyl sites for hydroxylation is 1. The Morgan fingerprint density at radius 1 is 1.16 bits per heavy atom. The van der Waals surface area contributed by atoms with E-state index in [0.29, 0.717) is 0 Å². The van der Waals surface area contributed by atoms with Gasteiger partial charge in [0.05, 0.1) is 16.2 Å². The van der Waals surface area contributed by atoms with Crippen molar-refractivity contribution in [3.63, 3.8) is 0 Å². The minimum atomic E-state index is -3.68. The summed E-state index contributed by atoms with van der Waals surface area (Å²) < 4.78 is 38.6. The molecule has 4 rings (SSSR count). The lowest BCUT2D eigenvalue weighted by atomic mass is 10.0. The van der Waals surface area contributed by atoms with Crippen molar-refractivity contribution in [3.8, 4) is 0 Å². The molecule has 1 aromatic rings. The van der Waals surface area contributed by atoms with Crippen LogP contribution in [0.4, 0.5) is 0 Å². The third-order valence-electron chi connectivity index (χ3n) is 3.56. The van der Waals surface area contributed by atoms with E-state index in [-0.39, 0.29) is 16.2 Å². The molecule has 1 fully saturated rings. The van der Waals surface area contributed by atoms with E-state index < -0.39 is 21.0 Å². The van der Waals surface area contributed by atoms with Gasteiger partial charge in [0.25, 0.3) is 10.0 Å². The first-order valence-electron chi connectivity index (χ1n) is 6.20. The monoisotopic (exact) mass is 297 g/mol. The highest BCUT2D eigenvalue weighted by Gasteiger charge is 2.43. The van der Waals surface area contributed by atoms with Gasteiger partial charge in [-0.15, -0.1) is 3.71 Å². The van der Waals surface area contributed by atoms with Gasteiger partial charge in [0.15, 0.2) is 0 Å². The minimum absolute atomic E-state index is 0.162. The van der Waals surface area contributed by atoms with Crippen LogP contribution in [0.15, 0.2) is 41.3 Å². The highest BCUT2D eigenvalue weighted by molar-refractivity contribution is 8.01. The predicted molar refractivity (Wildman–Crippen MR) is 74.3 cm³/mol. The maximum atomic E-state index is 12.6. The fourth-order valence-electron chi connectivity index (χ4n) is 2.48. The van der Waals surface area contributed by atoms with Gasteiger partial charge in [-0.2, -0.15) is 0 Å². The molecule has 1 saturated heterocycles. The van der Waals surface area contributed by atoms with Crippen LogP contribution in [-0.4, -0.2) is 27.6 Å². The molecule has 0 saturated carbocycles. The second kappa shape index (κ2) is 4.54. The topological polar surface area (TPSA) is 54.5 Å². The van der Waals surface area contributed by atoms with Gasteiger partial charge in [-0.3, -0.25) is 0 Å². The zero-order valence-electron chi connectivity index (χ0n) is 10.5. The van der Waals surface area contributed by atoms with Crippen LogP contribution in [-0.2, 0) is 21.0 Å². The van der Waals surface area contributed by atoms with E-state index in [1.165, 1.54) is 3.71 Å². The van der Waals surface area contributed by atoms with Crippen molar-refractivity contribution in [2.75, 3.05) is 0 Å². The summed E-state index contributed by atoms with van der Waals surface area (Å²) in [5, 5.41) is -0.162. The molecule has 0 aromatic heterocycles. The maximum absolute atomic E-state index is 12.6.